The van der Waals surface area contributed by atoms with Crippen LogP contribution in [0.2, 0.25) is 0 Å². The molecule has 6 heteroatoms. The van der Waals surface area contributed by atoms with Gasteiger partial charge in [0.05, 0.1) is 6.33 Å². The van der Waals surface area contributed by atoms with Crippen molar-refractivity contribution in [2.75, 3.05) is 5.32 Å². The molecule has 0 aliphatic rings. The van der Waals surface area contributed by atoms with E-state index in [1.165, 1.54) is 12.1 Å². The third-order valence-corrected chi connectivity index (χ3v) is 4.35. The van der Waals surface area contributed by atoms with E-state index in [0.717, 1.165) is 17.7 Å². The Morgan fingerprint density at radius 3 is 2.74 bits per heavy atom. The molecule has 3 rings (SSSR count). The number of nitrogens with zero attached hydrogens (tertiary/aromatic N) is 2. The summed E-state index contributed by atoms with van der Waals surface area (Å²) in [6.07, 6.45) is 6.18. The van der Waals surface area contributed by atoms with Crippen molar-refractivity contribution < 1.29 is 9.18 Å². The Kier molecular flexibility index (Phi) is 6.20. The molecule has 0 spiro atoms. The summed E-state index contributed by atoms with van der Waals surface area (Å²) < 4.78 is 14.9. The predicted octanol–water partition coefficient (Wildman–Crippen LogP) is 3.84. The minimum absolute atomic E-state index is 0.0301. The first kappa shape index (κ1) is 18.6. The van der Waals surface area contributed by atoms with Crippen LogP contribution in [0.15, 0.2) is 67.3 Å². The van der Waals surface area contributed by atoms with Gasteiger partial charge in [0.1, 0.15) is 5.82 Å². The number of benzene rings is 2. The summed E-state index contributed by atoms with van der Waals surface area (Å²) in [5, 5.41) is 6.34. The van der Waals surface area contributed by atoms with E-state index in [9.17, 15) is 9.18 Å². The standard InChI is InChI=1S/C21H23FN4O/c1-2-19(14-26-11-10-23-15-26)25-21(27)17-4-3-5-20(12-17)24-13-16-6-8-18(22)9-7-16/h3-12,15,19,24H,2,13-14H2,1H3,(H,25,27)/t19-/m1/s1. The predicted molar refractivity (Wildman–Crippen MR) is 104 cm³/mol. The van der Waals surface area contributed by atoms with Crippen molar-refractivity contribution in [2.24, 2.45) is 0 Å². The SMILES string of the molecule is CC[C@H](Cn1ccnc1)NC(=O)c1cccc(NCc2ccc(F)cc2)c1. The van der Waals surface area contributed by atoms with E-state index in [4.69, 9.17) is 0 Å². The monoisotopic (exact) mass is 366 g/mol. The molecule has 0 saturated heterocycles. The molecule has 3 aromatic rings. The third-order valence-electron chi connectivity index (χ3n) is 4.35. The number of nitrogens with one attached hydrogen (secondary N) is 2. The van der Waals surface area contributed by atoms with Gasteiger partial charge in [0.15, 0.2) is 0 Å². The van der Waals surface area contributed by atoms with Gasteiger partial charge in [-0.05, 0) is 42.3 Å². The zero-order valence-electron chi connectivity index (χ0n) is 15.2. The molecular weight excluding hydrogens is 343 g/mol. The Hall–Kier alpha value is -3.15. The maximum Gasteiger partial charge on any atom is 0.251 e. The lowest BCUT2D eigenvalue weighted by Crippen LogP contribution is -2.37. The highest BCUT2D eigenvalue weighted by Gasteiger charge is 2.13. The van der Waals surface area contributed by atoms with Gasteiger partial charge in [-0.3, -0.25) is 4.79 Å². The number of rotatable bonds is 8. The first-order valence-corrected chi connectivity index (χ1v) is 8.99. The normalized spacial score (nSPS) is 11.8. The number of imidazole rings is 1. The van der Waals surface area contributed by atoms with E-state index in [0.29, 0.717) is 18.7 Å². The average Bonchev–Trinajstić information content (AvgIpc) is 3.20. The van der Waals surface area contributed by atoms with Crippen LogP contribution >= 0.6 is 0 Å². The summed E-state index contributed by atoms with van der Waals surface area (Å²) in [6, 6.07) is 13.7. The molecule has 0 fully saturated rings. The van der Waals surface area contributed by atoms with Gasteiger partial charge in [0.25, 0.3) is 5.91 Å². The van der Waals surface area contributed by atoms with Gasteiger partial charge in [-0.15, -0.1) is 0 Å². The van der Waals surface area contributed by atoms with E-state index in [-0.39, 0.29) is 17.8 Å². The van der Waals surface area contributed by atoms with Gasteiger partial charge in [0.2, 0.25) is 0 Å². The number of halogens is 1. The fraction of sp³-hybridized carbons (Fsp3) is 0.238. The lowest BCUT2D eigenvalue weighted by atomic mass is 10.1. The second-order valence-electron chi connectivity index (χ2n) is 6.40. The Balaban J connectivity index is 1.59. The Labute approximate surface area is 158 Å². The van der Waals surface area contributed by atoms with Gasteiger partial charge < -0.3 is 15.2 Å². The molecule has 0 radical (unpaired) electrons. The molecule has 0 aliphatic carbocycles. The number of aromatic nitrogens is 2. The van der Waals surface area contributed by atoms with E-state index >= 15 is 0 Å². The van der Waals surface area contributed by atoms with Crippen molar-refractivity contribution in [1.82, 2.24) is 14.9 Å². The molecular formula is C21H23FN4O. The summed E-state index contributed by atoms with van der Waals surface area (Å²) in [6.45, 7) is 3.29. The molecule has 1 heterocycles. The maximum absolute atomic E-state index is 13.0. The Morgan fingerprint density at radius 2 is 2.04 bits per heavy atom. The van der Waals surface area contributed by atoms with Crippen LogP contribution in [0, 0.1) is 5.82 Å². The topological polar surface area (TPSA) is 59.0 Å². The first-order valence-electron chi connectivity index (χ1n) is 8.99. The van der Waals surface area contributed by atoms with Crippen LogP contribution in [0.4, 0.5) is 10.1 Å². The van der Waals surface area contributed by atoms with E-state index in [2.05, 4.69) is 15.6 Å². The van der Waals surface area contributed by atoms with Crippen LogP contribution in [0.5, 0.6) is 0 Å². The number of anilines is 1. The lowest BCUT2D eigenvalue weighted by molar-refractivity contribution is 0.0932. The average molecular weight is 366 g/mol. The molecule has 0 bridgehead atoms. The van der Waals surface area contributed by atoms with Gasteiger partial charge >= 0.3 is 0 Å². The highest BCUT2D eigenvalue weighted by Crippen LogP contribution is 2.13. The van der Waals surface area contributed by atoms with Crippen molar-refractivity contribution in [3.8, 4) is 0 Å². The molecule has 0 aliphatic heterocycles. The molecule has 2 aromatic carbocycles. The minimum Gasteiger partial charge on any atom is -0.381 e. The number of amides is 1. The maximum atomic E-state index is 13.0. The highest BCUT2D eigenvalue weighted by atomic mass is 19.1. The van der Waals surface area contributed by atoms with Crippen LogP contribution in [0.25, 0.3) is 0 Å². The molecule has 5 nitrogen and oxygen atoms in total. The lowest BCUT2D eigenvalue weighted by Gasteiger charge is -2.18. The van der Waals surface area contributed by atoms with Crippen molar-refractivity contribution in [2.45, 2.75) is 32.5 Å². The van der Waals surface area contributed by atoms with Crippen LogP contribution in [0.3, 0.4) is 0 Å². The molecule has 1 aromatic heterocycles. The van der Waals surface area contributed by atoms with E-state index in [1.54, 1.807) is 30.7 Å². The zero-order valence-corrected chi connectivity index (χ0v) is 15.2. The molecule has 0 saturated carbocycles. The smallest absolute Gasteiger partial charge is 0.251 e. The minimum atomic E-state index is -0.251. The van der Waals surface area contributed by atoms with Gasteiger partial charge in [0, 0.05) is 42.8 Å². The fourth-order valence-electron chi connectivity index (χ4n) is 2.77. The summed E-state index contributed by atoms with van der Waals surface area (Å²) >= 11 is 0. The third kappa shape index (κ3) is 5.41. The number of carbonyl (C=O) groups excluding carboxylic acids is 1. The van der Waals surface area contributed by atoms with E-state index in [1.807, 2.05) is 35.9 Å². The van der Waals surface area contributed by atoms with E-state index < -0.39 is 0 Å². The van der Waals surface area contributed by atoms with Crippen molar-refractivity contribution in [3.05, 3.63) is 84.2 Å². The van der Waals surface area contributed by atoms with Crippen molar-refractivity contribution >= 4 is 11.6 Å². The summed E-state index contributed by atoms with van der Waals surface area (Å²) in [5.41, 5.74) is 2.41. The molecule has 1 atom stereocenters. The van der Waals surface area contributed by atoms with Crippen molar-refractivity contribution in [3.63, 3.8) is 0 Å². The van der Waals surface area contributed by atoms with Gasteiger partial charge in [-0.1, -0.05) is 25.1 Å². The number of carbonyl (C=O) groups is 1. The highest BCUT2D eigenvalue weighted by molar-refractivity contribution is 5.95. The van der Waals surface area contributed by atoms with Crippen LogP contribution in [-0.2, 0) is 13.1 Å². The second-order valence-corrected chi connectivity index (χ2v) is 6.40. The van der Waals surface area contributed by atoms with Crippen molar-refractivity contribution in [1.29, 1.82) is 0 Å². The molecule has 2 N–H and O–H groups in total. The van der Waals surface area contributed by atoms with Gasteiger partial charge in [-0.25, -0.2) is 9.37 Å². The first-order chi connectivity index (χ1) is 13.1. The van der Waals surface area contributed by atoms with Crippen LogP contribution in [0.1, 0.15) is 29.3 Å². The summed E-state index contributed by atoms with van der Waals surface area (Å²) in [5.74, 6) is -0.356. The second kappa shape index (κ2) is 8.98. The van der Waals surface area contributed by atoms with Crippen LogP contribution in [-0.4, -0.2) is 21.5 Å². The fourth-order valence-corrected chi connectivity index (χ4v) is 2.77. The summed E-state index contributed by atoms with van der Waals surface area (Å²) in [7, 11) is 0. The van der Waals surface area contributed by atoms with Crippen LogP contribution < -0.4 is 10.6 Å². The summed E-state index contributed by atoms with van der Waals surface area (Å²) in [4.78, 5) is 16.6. The van der Waals surface area contributed by atoms with Gasteiger partial charge in [-0.2, -0.15) is 0 Å². The zero-order chi connectivity index (χ0) is 19.1. The number of hydrogen-bond acceptors (Lipinski definition) is 3. The Bertz CT molecular complexity index is 862. The quantitative estimate of drug-likeness (QED) is 0.637. The molecule has 27 heavy (non-hydrogen) atoms. The Morgan fingerprint density at radius 1 is 1.22 bits per heavy atom. The molecule has 0 unspecified atom stereocenters. The largest absolute Gasteiger partial charge is 0.381 e. The molecule has 1 amide bonds. The number of hydrogen-bond donors (Lipinski definition) is 2. The molecule has 140 valence electrons.